The van der Waals surface area contributed by atoms with Gasteiger partial charge in [0.05, 0.1) is 0 Å². The lowest BCUT2D eigenvalue weighted by Gasteiger charge is -2.51. The van der Waals surface area contributed by atoms with Gasteiger partial charge in [0.1, 0.15) is 0 Å². The largest absolute Gasteiger partial charge is 0.304 e. The fourth-order valence-corrected chi connectivity index (χ4v) is 6.97. The van der Waals surface area contributed by atoms with E-state index < -0.39 is 0 Å². The van der Waals surface area contributed by atoms with Gasteiger partial charge in [-0.05, 0) is 70.4 Å². The Morgan fingerprint density at radius 1 is 0.750 bits per heavy atom. The standard InChI is InChI=1S/C29H41N3/c1-30(2)29-16-19-32(21-20-31-17-10-5-11-18-31)28(26(22-29)24-12-6-3-7-13-24)27(23-29)25-14-8-4-9-15-25/h3-4,6-9,12-15,26-28H,5,10-11,16-23H2,1-2H3. The predicted octanol–water partition coefficient (Wildman–Crippen LogP) is 5.21. The average molecular weight is 432 g/mol. The second kappa shape index (κ2) is 9.67. The van der Waals surface area contributed by atoms with E-state index in [0.717, 1.165) is 0 Å². The molecule has 4 fully saturated rings. The summed E-state index contributed by atoms with van der Waals surface area (Å²) in [5.74, 6) is 1.17. The molecule has 2 bridgehead atoms. The molecule has 0 amide bonds. The van der Waals surface area contributed by atoms with Crippen molar-refractivity contribution in [3.05, 3.63) is 71.8 Å². The van der Waals surface area contributed by atoms with Crippen molar-refractivity contribution >= 4 is 0 Å². The Morgan fingerprint density at radius 3 is 1.84 bits per heavy atom. The molecule has 3 nitrogen and oxygen atoms in total. The van der Waals surface area contributed by atoms with Crippen LogP contribution >= 0.6 is 0 Å². The summed E-state index contributed by atoms with van der Waals surface area (Å²) < 4.78 is 0. The zero-order valence-electron chi connectivity index (χ0n) is 20.1. The van der Waals surface area contributed by atoms with Gasteiger partial charge in [0.2, 0.25) is 0 Å². The SMILES string of the molecule is CN(C)C12CCN(CCN3CCCCC3)C(C(c3ccccc3)C1)C(c1ccccc1)C2. The lowest BCUT2D eigenvalue weighted by atomic mass is 9.63. The third-order valence-corrected chi connectivity index (χ3v) is 8.87. The highest BCUT2D eigenvalue weighted by atomic mass is 15.3. The Hall–Kier alpha value is -1.68. The number of rotatable bonds is 6. The third kappa shape index (κ3) is 4.40. The molecule has 3 aliphatic heterocycles. The van der Waals surface area contributed by atoms with Gasteiger partial charge in [-0.15, -0.1) is 0 Å². The van der Waals surface area contributed by atoms with E-state index in [1.807, 2.05) is 0 Å². The predicted molar refractivity (Wildman–Crippen MR) is 134 cm³/mol. The van der Waals surface area contributed by atoms with Gasteiger partial charge in [-0.3, -0.25) is 4.90 Å². The lowest BCUT2D eigenvalue weighted by molar-refractivity contribution is 0.0633. The van der Waals surface area contributed by atoms with Gasteiger partial charge in [-0.25, -0.2) is 0 Å². The molecule has 32 heavy (non-hydrogen) atoms. The van der Waals surface area contributed by atoms with E-state index in [1.165, 1.54) is 82.4 Å². The molecule has 2 aromatic rings. The Labute approximate surface area is 195 Å². The van der Waals surface area contributed by atoms with Gasteiger partial charge in [-0.2, -0.15) is 0 Å². The summed E-state index contributed by atoms with van der Waals surface area (Å²) in [5.41, 5.74) is 3.35. The molecule has 0 N–H and O–H groups in total. The first-order chi connectivity index (χ1) is 15.7. The highest BCUT2D eigenvalue weighted by molar-refractivity contribution is 5.32. The summed E-state index contributed by atoms with van der Waals surface area (Å²) in [6.45, 7) is 6.26. The van der Waals surface area contributed by atoms with Crippen LogP contribution in [0.5, 0.6) is 0 Å². The van der Waals surface area contributed by atoms with Crippen molar-refractivity contribution in [3.63, 3.8) is 0 Å². The molecule has 0 radical (unpaired) electrons. The summed E-state index contributed by atoms with van der Waals surface area (Å²) in [4.78, 5) is 8.20. The number of hydrogen-bond acceptors (Lipinski definition) is 3. The van der Waals surface area contributed by atoms with Crippen molar-refractivity contribution in [2.45, 2.75) is 61.9 Å². The summed E-state index contributed by atoms with van der Waals surface area (Å²) in [7, 11) is 4.65. The zero-order valence-corrected chi connectivity index (χ0v) is 20.1. The van der Waals surface area contributed by atoms with Crippen LogP contribution in [0.2, 0.25) is 0 Å². The normalized spacial score (nSPS) is 31.7. The van der Waals surface area contributed by atoms with E-state index in [-0.39, 0.29) is 5.54 Å². The van der Waals surface area contributed by atoms with Gasteiger partial charge >= 0.3 is 0 Å². The molecular formula is C29H41N3. The van der Waals surface area contributed by atoms with E-state index in [0.29, 0.717) is 17.9 Å². The molecule has 2 unspecified atom stereocenters. The second-order valence-electron chi connectivity index (χ2n) is 10.7. The quantitative estimate of drug-likeness (QED) is 0.622. The molecule has 1 aliphatic carbocycles. The van der Waals surface area contributed by atoms with Crippen LogP contribution in [0, 0.1) is 0 Å². The molecule has 0 aromatic heterocycles. The highest BCUT2D eigenvalue weighted by Crippen LogP contribution is 2.53. The molecule has 0 spiro atoms. The van der Waals surface area contributed by atoms with Crippen molar-refractivity contribution in [3.8, 4) is 0 Å². The van der Waals surface area contributed by atoms with E-state index in [2.05, 4.69) is 89.5 Å². The fourth-order valence-electron chi connectivity index (χ4n) is 6.97. The molecule has 6 rings (SSSR count). The van der Waals surface area contributed by atoms with Crippen LogP contribution in [-0.4, -0.2) is 73.1 Å². The number of hydrogen-bond donors (Lipinski definition) is 0. The van der Waals surface area contributed by atoms with Crippen LogP contribution in [-0.2, 0) is 0 Å². The van der Waals surface area contributed by atoms with Crippen LogP contribution in [0.3, 0.4) is 0 Å². The van der Waals surface area contributed by atoms with Gasteiger partial charge in [0, 0.05) is 43.1 Å². The van der Waals surface area contributed by atoms with E-state index in [4.69, 9.17) is 0 Å². The Bertz CT molecular complexity index is 794. The third-order valence-electron chi connectivity index (χ3n) is 8.87. The number of benzene rings is 2. The van der Waals surface area contributed by atoms with Crippen molar-refractivity contribution in [1.82, 2.24) is 14.7 Å². The smallest absolute Gasteiger partial charge is 0.0235 e. The molecule has 3 heterocycles. The van der Waals surface area contributed by atoms with Gasteiger partial charge in [-0.1, -0.05) is 67.1 Å². The lowest BCUT2D eigenvalue weighted by Crippen LogP contribution is -2.53. The highest BCUT2D eigenvalue weighted by Gasteiger charge is 2.52. The maximum absolute atomic E-state index is 2.90. The van der Waals surface area contributed by atoms with Crippen LogP contribution < -0.4 is 0 Å². The maximum atomic E-state index is 2.90. The van der Waals surface area contributed by atoms with Crippen LogP contribution in [0.1, 0.15) is 61.5 Å². The molecule has 4 aliphatic rings. The van der Waals surface area contributed by atoms with E-state index in [9.17, 15) is 0 Å². The van der Waals surface area contributed by atoms with Crippen molar-refractivity contribution in [2.75, 3.05) is 46.8 Å². The van der Waals surface area contributed by atoms with Crippen LogP contribution in [0.15, 0.2) is 60.7 Å². The minimum atomic E-state index is 0.275. The zero-order chi connectivity index (χ0) is 22.0. The number of likely N-dealkylation sites (tertiary alicyclic amines) is 1. The van der Waals surface area contributed by atoms with Crippen molar-refractivity contribution in [2.24, 2.45) is 0 Å². The Kier molecular flexibility index (Phi) is 6.69. The van der Waals surface area contributed by atoms with Crippen LogP contribution in [0.4, 0.5) is 0 Å². The number of fused-ring (bicyclic) bond motifs is 4. The molecular weight excluding hydrogens is 390 g/mol. The summed E-state index contributed by atoms with van der Waals surface area (Å²) >= 11 is 0. The molecule has 2 atom stereocenters. The first kappa shape index (κ1) is 22.1. The van der Waals surface area contributed by atoms with Gasteiger partial charge < -0.3 is 9.80 Å². The monoisotopic (exact) mass is 431 g/mol. The number of nitrogens with zero attached hydrogens (tertiary/aromatic N) is 3. The summed E-state index contributed by atoms with van der Waals surface area (Å²) in [6.07, 6.45) is 8.01. The molecule has 3 saturated heterocycles. The average Bonchev–Trinajstić information content (AvgIpc) is 3.12. The first-order valence-electron chi connectivity index (χ1n) is 12.9. The Balaban J connectivity index is 1.51. The minimum absolute atomic E-state index is 0.275. The molecule has 3 heteroatoms. The molecule has 172 valence electrons. The van der Waals surface area contributed by atoms with Crippen molar-refractivity contribution in [1.29, 1.82) is 0 Å². The maximum Gasteiger partial charge on any atom is 0.0235 e. The minimum Gasteiger partial charge on any atom is -0.304 e. The summed E-state index contributed by atoms with van der Waals surface area (Å²) in [5, 5.41) is 0. The topological polar surface area (TPSA) is 9.72 Å². The van der Waals surface area contributed by atoms with Gasteiger partial charge in [0.25, 0.3) is 0 Å². The second-order valence-corrected chi connectivity index (χ2v) is 10.7. The number of piperidine rings is 1. The first-order valence-corrected chi connectivity index (χ1v) is 12.9. The van der Waals surface area contributed by atoms with Crippen molar-refractivity contribution < 1.29 is 0 Å². The molecule has 2 aromatic carbocycles. The van der Waals surface area contributed by atoms with Gasteiger partial charge in [0.15, 0.2) is 0 Å². The van der Waals surface area contributed by atoms with Crippen LogP contribution in [0.25, 0.3) is 0 Å². The molecule has 1 saturated carbocycles. The summed E-state index contributed by atoms with van der Waals surface area (Å²) in [6, 6.07) is 23.4. The Morgan fingerprint density at radius 2 is 1.31 bits per heavy atom. The fraction of sp³-hybridized carbons (Fsp3) is 0.586. The van der Waals surface area contributed by atoms with E-state index in [1.54, 1.807) is 0 Å². The van der Waals surface area contributed by atoms with E-state index >= 15 is 0 Å².